The van der Waals surface area contributed by atoms with Crippen LogP contribution in [0, 0.1) is 19.8 Å². The standard InChI is InChI=1S/C17H22ClN5O/c1-10-6-12(3)23(21-10)15-5-4-14(18)16(20-15)17(24)22-9-13(8-19)7-11(22)2/h4-6,11,13H,7-9,19H2,1-3H3. The van der Waals surface area contributed by atoms with Crippen molar-refractivity contribution in [2.75, 3.05) is 13.1 Å². The summed E-state index contributed by atoms with van der Waals surface area (Å²) in [6.45, 7) is 7.14. The molecule has 0 bridgehead atoms. The van der Waals surface area contributed by atoms with Gasteiger partial charge in [0.1, 0.15) is 5.69 Å². The Morgan fingerprint density at radius 3 is 2.75 bits per heavy atom. The first-order valence-corrected chi connectivity index (χ1v) is 8.49. The molecule has 0 radical (unpaired) electrons. The number of hydrogen-bond acceptors (Lipinski definition) is 4. The lowest BCUT2D eigenvalue weighted by atomic mass is 10.1. The largest absolute Gasteiger partial charge is 0.334 e. The first kappa shape index (κ1) is 16.9. The van der Waals surface area contributed by atoms with Crippen molar-refractivity contribution >= 4 is 17.5 Å². The monoisotopic (exact) mass is 347 g/mol. The molecule has 3 heterocycles. The highest BCUT2D eigenvalue weighted by molar-refractivity contribution is 6.33. The number of amides is 1. The van der Waals surface area contributed by atoms with E-state index in [0.29, 0.717) is 29.8 Å². The van der Waals surface area contributed by atoms with Gasteiger partial charge in [-0.25, -0.2) is 9.67 Å². The topological polar surface area (TPSA) is 77.0 Å². The molecule has 6 nitrogen and oxygen atoms in total. The van der Waals surface area contributed by atoms with Crippen molar-refractivity contribution in [2.45, 2.75) is 33.2 Å². The van der Waals surface area contributed by atoms with Crippen LogP contribution in [0.2, 0.25) is 5.02 Å². The number of likely N-dealkylation sites (tertiary alicyclic amines) is 1. The molecule has 2 N–H and O–H groups in total. The first-order chi connectivity index (χ1) is 11.4. The lowest BCUT2D eigenvalue weighted by Gasteiger charge is -2.21. The molecular weight excluding hydrogens is 326 g/mol. The summed E-state index contributed by atoms with van der Waals surface area (Å²) in [5.74, 6) is 0.782. The lowest BCUT2D eigenvalue weighted by Crippen LogP contribution is -2.35. The maximum absolute atomic E-state index is 12.9. The zero-order valence-electron chi connectivity index (χ0n) is 14.2. The van der Waals surface area contributed by atoms with Crippen LogP contribution < -0.4 is 5.73 Å². The Morgan fingerprint density at radius 2 is 2.17 bits per heavy atom. The van der Waals surface area contributed by atoms with Gasteiger partial charge in [0.05, 0.1) is 10.7 Å². The third-order valence-electron chi connectivity index (χ3n) is 4.52. The fourth-order valence-corrected chi connectivity index (χ4v) is 3.48. The quantitative estimate of drug-likeness (QED) is 0.924. The molecule has 2 aromatic rings. The normalized spacial score (nSPS) is 20.6. The summed E-state index contributed by atoms with van der Waals surface area (Å²) in [4.78, 5) is 19.2. The van der Waals surface area contributed by atoms with Crippen LogP contribution in [0.15, 0.2) is 18.2 Å². The molecule has 1 amide bonds. The summed E-state index contributed by atoms with van der Waals surface area (Å²) in [6, 6.07) is 5.58. The van der Waals surface area contributed by atoms with Crippen LogP contribution in [0.4, 0.5) is 0 Å². The van der Waals surface area contributed by atoms with Crippen molar-refractivity contribution < 1.29 is 4.79 Å². The predicted molar refractivity (Wildman–Crippen MR) is 93.5 cm³/mol. The van der Waals surface area contributed by atoms with Crippen molar-refractivity contribution in [3.05, 3.63) is 40.3 Å². The van der Waals surface area contributed by atoms with Gasteiger partial charge in [-0.05, 0) is 57.9 Å². The van der Waals surface area contributed by atoms with Crippen LogP contribution in [0.3, 0.4) is 0 Å². The third-order valence-corrected chi connectivity index (χ3v) is 4.82. The van der Waals surface area contributed by atoms with Gasteiger partial charge >= 0.3 is 0 Å². The number of rotatable bonds is 3. The summed E-state index contributed by atoms with van der Waals surface area (Å²) in [5.41, 5.74) is 7.88. The molecule has 128 valence electrons. The molecule has 1 aliphatic rings. The lowest BCUT2D eigenvalue weighted by molar-refractivity contribution is 0.0737. The van der Waals surface area contributed by atoms with Gasteiger partial charge in [-0.2, -0.15) is 5.10 Å². The minimum absolute atomic E-state index is 0.140. The predicted octanol–water partition coefficient (Wildman–Crippen LogP) is 2.35. The number of hydrogen-bond donors (Lipinski definition) is 1. The SMILES string of the molecule is Cc1cc(C)n(-c2ccc(Cl)c(C(=O)N3CC(CN)CC3C)n2)n1. The maximum atomic E-state index is 12.9. The molecule has 1 fully saturated rings. The fraction of sp³-hybridized carbons (Fsp3) is 0.471. The van der Waals surface area contributed by atoms with E-state index in [1.54, 1.807) is 16.8 Å². The minimum Gasteiger partial charge on any atom is -0.334 e. The molecule has 2 aromatic heterocycles. The summed E-state index contributed by atoms with van der Waals surface area (Å²) in [7, 11) is 0. The molecule has 1 aliphatic heterocycles. The van der Waals surface area contributed by atoms with E-state index in [1.165, 1.54) is 0 Å². The summed E-state index contributed by atoms with van der Waals surface area (Å²) < 4.78 is 1.72. The molecule has 0 aliphatic carbocycles. The van der Waals surface area contributed by atoms with E-state index in [2.05, 4.69) is 10.1 Å². The summed E-state index contributed by atoms with van der Waals surface area (Å²) >= 11 is 6.26. The highest BCUT2D eigenvalue weighted by Crippen LogP contribution is 2.26. The number of halogens is 1. The second kappa shape index (κ2) is 6.53. The molecule has 0 aromatic carbocycles. The third kappa shape index (κ3) is 3.03. The van der Waals surface area contributed by atoms with Crippen molar-refractivity contribution in [3.63, 3.8) is 0 Å². The molecule has 0 spiro atoms. The van der Waals surface area contributed by atoms with Crippen molar-refractivity contribution in [1.82, 2.24) is 19.7 Å². The van der Waals surface area contributed by atoms with Crippen LogP contribution >= 0.6 is 11.6 Å². The van der Waals surface area contributed by atoms with Gasteiger partial charge in [0.25, 0.3) is 5.91 Å². The average Bonchev–Trinajstić information content (AvgIpc) is 3.09. The van der Waals surface area contributed by atoms with Crippen LogP contribution in [0.25, 0.3) is 5.82 Å². The smallest absolute Gasteiger partial charge is 0.274 e. The first-order valence-electron chi connectivity index (χ1n) is 8.12. The molecule has 1 saturated heterocycles. The number of pyridine rings is 1. The Balaban J connectivity index is 1.95. The Kier molecular flexibility index (Phi) is 4.60. The van der Waals surface area contributed by atoms with E-state index in [4.69, 9.17) is 17.3 Å². The van der Waals surface area contributed by atoms with Gasteiger partial charge in [-0.15, -0.1) is 0 Å². The van der Waals surface area contributed by atoms with E-state index in [1.807, 2.05) is 31.7 Å². The van der Waals surface area contributed by atoms with Gasteiger partial charge < -0.3 is 10.6 Å². The number of carbonyl (C=O) groups excluding carboxylic acids is 1. The Labute approximate surface area is 146 Å². The summed E-state index contributed by atoms with van der Waals surface area (Å²) in [6.07, 6.45) is 0.914. The van der Waals surface area contributed by atoms with E-state index >= 15 is 0 Å². The Hall–Kier alpha value is -1.92. The van der Waals surface area contributed by atoms with Crippen molar-refractivity contribution in [1.29, 1.82) is 0 Å². The van der Waals surface area contributed by atoms with E-state index in [0.717, 1.165) is 17.8 Å². The van der Waals surface area contributed by atoms with Gasteiger partial charge in [0, 0.05) is 18.3 Å². The fourth-order valence-electron chi connectivity index (χ4n) is 3.29. The van der Waals surface area contributed by atoms with E-state index in [9.17, 15) is 4.79 Å². The molecule has 2 atom stereocenters. The molecule has 0 saturated carbocycles. The second-order valence-corrected chi connectivity index (χ2v) is 6.89. The van der Waals surface area contributed by atoms with Crippen LogP contribution in [0.5, 0.6) is 0 Å². The van der Waals surface area contributed by atoms with Crippen LogP contribution in [0.1, 0.15) is 35.2 Å². The van der Waals surface area contributed by atoms with Crippen molar-refractivity contribution in [3.8, 4) is 5.82 Å². The van der Waals surface area contributed by atoms with E-state index < -0.39 is 0 Å². The highest BCUT2D eigenvalue weighted by Gasteiger charge is 2.33. The number of aromatic nitrogens is 3. The molecule has 24 heavy (non-hydrogen) atoms. The van der Waals surface area contributed by atoms with Crippen molar-refractivity contribution in [2.24, 2.45) is 11.7 Å². The van der Waals surface area contributed by atoms with Gasteiger partial charge in [-0.3, -0.25) is 4.79 Å². The minimum atomic E-state index is -0.146. The highest BCUT2D eigenvalue weighted by atomic mass is 35.5. The zero-order chi connectivity index (χ0) is 17.4. The van der Waals surface area contributed by atoms with Gasteiger partial charge in [-0.1, -0.05) is 11.6 Å². The Morgan fingerprint density at radius 1 is 1.42 bits per heavy atom. The number of nitrogens with two attached hydrogens (primary N) is 1. The van der Waals surface area contributed by atoms with Gasteiger partial charge in [0.15, 0.2) is 5.82 Å². The van der Waals surface area contributed by atoms with Gasteiger partial charge in [0.2, 0.25) is 0 Å². The van der Waals surface area contributed by atoms with E-state index in [-0.39, 0.29) is 17.6 Å². The second-order valence-electron chi connectivity index (χ2n) is 6.48. The number of nitrogens with zero attached hydrogens (tertiary/aromatic N) is 4. The molecule has 2 unspecified atom stereocenters. The molecule has 7 heteroatoms. The Bertz CT molecular complexity index is 772. The molecular formula is C17H22ClN5O. The number of aryl methyl sites for hydroxylation is 2. The maximum Gasteiger partial charge on any atom is 0.274 e. The molecule has 3 rings (SSSR count). The zero-order valence-corrected chi connectivity index (χ0v) is 14.9. The summed E-state index contributed by atoms with van der Waals surface area (Å²) in [5, 5.41) is 4.77. The average molecular weight is 348 g/mol. The van der Waals surface area contributed by atoms with Crippen LogP contribution in [-0.4, -0.2) is 44.7 Å². The number of carbonyl (C=O) groups is 1. The van der Waals surface area contributed by atoms with Crippen LogP contribution in [-0.2, 0) is 0 Å².